The molecular formula is C14H14N2O2S. The Morgan fingerprint density at radius 1 is 1.37 bits per heavy atom. The third-order valence-electron chi connectivity index (χ3n) is 2.39. The van der Waals surface area contributed by atoms with Crippen LogP contribution in [-0.4, -0.2) is 17.5 Å². The molecule has 98 valence electrons. The van der Waals surface area contributed by atoms with Crippen molar-refractivity contribution in [2.75, 3.05) is 11.9 Å². The summed E-state index contributed by atoms with van der Waals surface area (Å²) in [4.78, 5) is 16.8. The molecule has 1 aromatic heterocycles. The molecule has 1 aromatic carbocycles. The summed E-state index contributed by atoms with van der Waals surface area (Å²) in [5, 5.41) is 2.76. The molecule has 4 nitrogen and oxygen atoms in total. The first kappa shape index (κ1) is 13.4. The van der Waals surface area contributed by atoms with Crippen LogP contribution >= 0.6 is 12.6 Å². The number of carbonyl (C=O) groups excluding carboxylic acids is 1. The molecule has 1 amide bonds. The zero-order valence-corrected chi connectivity index (χ0v) is 11.4. The third kappa shape index (κ3) is 3.72. The summed E-state index contributed by atoms with van der Waals surface area (Å²) >= 11 is 4.20. The number of nitrogens with one attached hydrogen (secondary N) is 1. The van der Waals surface area contributed by atoms with E-state index in [2.05, 4.69) is 22.9 Å². The monoisotopic (exact) mass is 274 g/mol. The number of nitrogens with zero attached hydrogens (tertiary/aromatic N) is 1. The van der Waals surface area contributed by atoms with Gasteiger partial charge in [0.2, 0.25) is 5.88 Å². The lowest BCUT2D eigenvalue weighted by atomic mass is 10.2. The Hall–Kier alpha value is -2.01. The van der Waals surface area contributed by atoms with Crippen LogP contribution in [0, 0.1) is 0 Å². The van der Waals surface area contributed by atoms with E-state index in [1.807, 2.05) is 13.0 Å². The molecule has 0 unspecified atom stereocenters. The van der Waals surface area contributed by atoms with Gasteiger partial charge in [-0.05, 0) is 31.2 Å². The average molecular weight is 274 g/mol. The van der Waals surface area contributed by atoms with E-state index in [4.69, 9.17) is 4.74 Å². The third-order valence-corrected chi connectivity index (χ3v) is 2.67. The van der Waals surface area contributed by atoms with Gasteiger partial charge in [-0.25, -0.2) is 4.98 Å². The van der Waals surface area contributed by atoms with Crippen LogP contribution in [0.15, 0.2) is 47.5 Å². The minimum Gasteiger partial charge on any atom is -0.478 e. The number of amides is 1. The average Bonchev–Trinajstić information content (AvgIpc) is 2.41. The van der Waals surface area contributed by atoms with Crippen LogP contribution < -0.4 is 10.1 Å². The maximum absolute atomic E-state index is 12.0. The maximum Gasteiger partial charge on any atom is 0.255 e. The van der Waals surface area contributed by atoms with E-state index in [0.29, 0.717) is 23.7 Å². The molecule has 0 atom stereocenters. The molecule has 0 saturated heterocycles. The SMILES string of the molecule is CCOc1ccc(NC(=O)c2cccc(S)c2)cn1. The van der Waals surface area contributed by atoms with Crippen molar-refractivity contribution in [3.8, 4) is 5.88 Å². The lowest BCUT2D eigenvalue weighted by molar-refractivity contribution is 0.102. The Morgan fingerprint density at radius 2 is 2.21 bits per heavy atom. The quantitative estimate of drug-likeness (QED) is 0.843. The number of anilines is 1. The Bertz CT molecular complexity index is 570. The molecule has 0 aliphatic carbocycles. The molecule has 0 aliphatic rings. The molecule has 1 heterocycles. The van der Waals surface area contributed by atoms with Crippen molar-refractivity contribution < 1.29 is 9.53 Å². The van der Waals surface area contributed by atoms with E-state index in [0.717, 1.165) is 4.90 Å². The molecule has 0 aliphatic heterocycles. The second-order valence-electron chi connectivity index (χ2n) is 3.82. The zero-order valence-electron chi connectivity index (χ0n) is 10.5. The van der Waals surface area contributed by atoms with Crippen LogP contribution in [0.4, 0.5) is 5.69 Å². The molecule has 2 rings (SSSR count). The standard InChI is InChI=1S/C14H14N2O2S/c1-2-18-13-7-6-11(9-15-13)16-14(17)10-4-3-5-12(19)8-10/h3-9,19H,2H2,1H3,(H,16,17). The topological polar surface area (TPSA) is 51.2 Å². The lowest BCUT2D eigenvalue weighted by Crippen LogP contribution is -2.12. The fourth-order valence-electron chi connectivity index (χ4n) is 1.54. The fourth-order valence-corrected chi connectivity index (χ4v) is 1.76. The summed E-state index contributed by atoms with van der Waals surface area (Å²) in [6, 6.07) is 10.5. The number of hydrogen-bond donors (Lipinski definition) is 2. The Balaban J connectivity index is 2.06. The zero-order chi connectivity index (χ0) is 13.7. The summed E-state index contributed by atoms with van der Waals surface area (Å²) < 4.78 is 5.23. The van der Waals surface area contributed by atoms with Gasteiger partial charge in [0.15, 0.2) is 0 Å². The molecule has 19 heavy (non-hydrogen) atoms. The molecule has 5 heteroatoms. The van der Waals surface area contributed by atoms with E-state index in [1.165, 1.54) is 0 Å². The summed E-state index contributed by atoms with van der Waals surface area (Å²) in [6.45, 7) is 2.45. The van der Waals surface area contributed by atoms with Gasteiger partial charge in [0.05, 0.1) is 18.5 Å². The highest BCUT2D eigenvalue weighted by Crippen LogP contribution is 2.14. The van der Waals surface area contributed by atoms with Gasteiger partial charge in [0.1, 0.15) is 0 Å². The van der Waals surface area contributed by atoms with Crippen LogP contribution in [0.2, 0.25) is 0 Å². The summed E-state index contributed by atoms with van der Waals surface area (Å²) in [5.74, 6) is 0.347. The summed E-state index contributed by atoms with van der Waals surface area (Å²) in [6.07, 6.45) is 1.56. The van der Waals surface area contributed by atoms with Gasteiger partial charge in [-0.15, -0.1) is 12.6 Å². The van der Waals surface area contributed by atoms with Crippen molar-refractivity contribution in [1.29, 1.82) is 0 Å². The number of hydrogen-bond acceptors (Lipinski definition) is 4. The summed E-state index contributed by atoms with van der Waals surface area (Å²) in [5.41, 5.74) is 1.18. The normalized spacial score (nSPS) is 10.0. The van der Waals surface area contributed by atoms with E-state index in [-0.39, 0.29) is 5.91 Å². The second-order valence-corrected chi connectivity index (χ2v) is 4.34. The Morgan fingerprint density at radius 3 is 2.84 bits per heavy atom. The van der Waals surface area contributed by atoms with Crippen molar-refractivity contribution in [3.63, 3.8) is 0 Å². The second kappa shape index (κ2) is 6.24. The van der Waals surface area contributed by atoms with Gasteiger partial charge in [-0.2, -0.15) is 0 Å². The Kier molecular flexibility index (Phi) is 4.41. The number of ether oxygens (including phenoxy) is 1. The van der Waals surface area contributed by atoms with Gasteiger partial charge in [0.25, 0.3) is 5.91 Å². The molecule has 0 radical (unpaired) electrons. The van der Waals surface area contributed by atoms with Gasteiger partial charge in [0, 0.05) is 16.5 Å². The minimum atomic E-state index is -0.193. The first-order valence-corrected chi connectivity index (χ1v) is 6.33. The highest BCUT2D eigenvalue weighted by atomic mass is 32.1. The van der Waals surface area contributed by atoms with E-state index < -0.39 is 0 Å². The van der Waals surface area contributed by atoms with E-state index in [1.54, 1.807) is 36.5 Å². The van der Waals surface area contributed by atoms with Crippen molar-refractivity contribution in [2.24, 2.45) is 0 Å². The van der Waals surface area contributed by atoms with Gasteiger partial charge in [-0.1, -0.05) is 6.07 Å². The molecule has 0 fully saturated rings. The van der Waals surface area contributed by atoms with Crippen LogP contribution in [0.25, 0.3) is 0 Å². The number of rotatable bonds is 4. The van der Waals surface area contributed by atoms with Crippen molar-refractivity contribution >= 4 is 24.2 Å². The predicted molar refractivity (Wildman–Crippen MR) is 77.1 cm³/mol. The van der Waals surface area contributed by atoms with Gasteiger partial charge in [-0.3, -0.25) is 4.79 Å². The minimum absolute atomic E-state index is 0.193. The van der Waals surface area contributed by atoms with Crippen LogP contribution in [0.3, 0.4) is 0 Å². The predicted octanol–water partition coefficient (Wildman–Crippen LogP) is 3.02. The van der Waals surface area contributed by atoms with Gasteiger partial charge < -0.3 is 10.1 Å². The maximum atomic E-state index is 12.0. The number of thiol groups is 1. The highest BCUT2D eigenvalue weighted by molar-refractivity contribution is 7.80. The number of aromatic nitrogens is 1. The van der Waals surface area contributed by atoms with E-state index in [9.17, 15) is 4.79 Å². The lowest BCUT2D eigenvalue weighted by Gasteiger charge is -2.06. The highest BCUT2D eigenvalue weighted by Gasteiger charge is 2.06. The summed E-state index contributed by atoms with van der Waals surface area (Å²) in [7, 11) is 0. The molecule has 0 saturated carbocycles. The molecule has 1 N–H and O–H groups in total. The van der Waals surface area contributed by atoms with Crippen molar-refractivity contribution in [1.82, 2.24) is 4.98 Å². The first-order valence-electron chi connectivity index (χ1n) is 5.88. The molecule has 0 spiro atoms. The number of pyridine rings is 1. The first-order chi connectivity index (χ1) is 9.19. The molecule has 0 bridgehead atoms. The van der Waals surface area contributed by atoms with Crippen LogP contribution in [-0.2, 0) is 0 Å². The molecular weight excluding hydrogens is 260 g/mol. The van der Waals surface area contributed by atoms with Gasteiger partial charge >= 0.3 is 0 Å². The fraction of sp³-hybridized carbons (Fsp3) is 0.143. The van der Waals surface area contributed by atoms with E-state index >= 15 is 0 Å². The smallest absolute Gasteiger partial charge is 0.255 e. The number of benzene rings is 1. The van der Waals surface area contributed by atoms with Crippen LogP contribution in [0.5, 0.6) is 5.88 Å². The van der Waals surface area contributed by atoms with Crippen LogP contribution in [0.1, 0.15) is 17.3 Å². The Labute approximate surface area is 117 Å². The largest absolute Gasteiger partial charge is 0.478 e. The van der Waals surface area contributed by atoms with Crippen molar-refractivity contribution in [3.05, 3.63) is 48.2 Å². The number of carbonyl (C=O) groups is 1. The van der Waals surface area contributed by atoms with Crippen molar-refractivity contribution in [2.45, 2.75) is 11.8 Å². The molecule has 2 aromatic rings.